The van der Waals surface area contributed by atoms with E-state index in [0.717, 1.165) is 28.1 Å². The molecule has 1 aliphatic carbocycles. The van der Waals surface area contributed by atoms with Crippen LogP contribution in [0, 0.1) is 13.8 Å². The van der Waals surface area contributed by atoms with Gasteiger partial charge >= 0.3 is 0 Å². The molecule has 0 aromatic heterocycles. The van der Waals surface area contributed by atoms with Crippen LogP contribution in [0.15, 0.2) is 77.9 Å². The molecule has 1 N–H and O–H groups in total. The molecule has 0 amide bonds. The highest BCUT2D eigenvalue weighted by molar-refractivity contribution is 6.13. The lowest BCUT2D eigenvalue weighted by Crippen LogP contribution is -2.32. The second-order valence-corrected chi connectivity index (χ2v) is 8.53. The van der Waals surface area contributed by atoms with Crippen LogP contribution < -0.4 is 5.01 Å². The Bertz CT molecular complexity index is 1250. The molecule has 1 heterocycles. The van der Waals surface area contributed by atoms with E-state index in [0.29, 0.717) is 23.2 Å². The highest BCUT2D eigenvalue weighted by Gasteiger charge is 2.36. The molecule has 4 nitrogen and oxygen atoms in total. The minimum atomic E-state index is -0.832. The SMILES string of the molecule is CCN1N=C(c2ccc(C)cc2)[C@H]2C=C[C@@H](O)c3c(C(=O)c4ccc(C)cc4)ccc1c32. The van der Waals surface area contributed by atoms with Gasteiger partial charge in [0.05, 0.1) is 17.5 Å². The second-order valence-electron chi connectivity index (χ2n) is 8.53. The number of aryl methyl sites for hydroxylation is 2. The number of aliphatic hydroxyl groups excluding tert-OH is 1. The molecular formula is C28H26N2O2. The fourth-order valence-corrected chi connectivity index (χ4v) is 4.64. The Morgan fingerprint density at radius 1 is 0.906 bits per heavy atom. The van der Waals surface area contributed by atoms with Crippen molar-refractivity contribution in [2.24, 2.45) is 5.10 Å². The molecule has 5 rings (SSSR count). The Balaban J connectivity index is 1.69. The molecule has 0 fully saturated rings. The summed E-state index contributed by atoms with van der Waals surface area (Å²) in [5, 5.41) is 17.9. The van der Waals surface area contributed by atoms with Gasteiger partial charge in [0.2, 0.25) is 0 Å². The lowest BCUT2D eigenvalue weighted by Gasteiger charge is -2.36. The van der Waals surface area contributed by atoms with Crippen LogP contribution in [0.2, 0.25) is 0 Å². The molecule has 3 aromatic rings. The van der Waals surface area contributed by atoms with E-state index in [9.17, 15) is 9.90 Å². The maximum atomic E-state index is 13.5. The van der Waals surface area contributed by atoms with Crippen LogP contribution in [0.4, 0.5) is 5.69 Å². The summed E-state index contributed by atoms with van der Waals surface area (Å²) in [6.45, 7) is 6.82. The Kier molecular flexibility index (Phi) is 5.03. The smallest absolute Gasteiger partial charge is 0.193 e. The summed E-state index contributed by atoms with van der Waals surface area (Å²) in [7, 11) is 0. The summed E-state index contributed by atoms with van der Waals surface area (Å²) in [5.41, 5.74) is 8.08. The van der Waals surface area contributed by atoms with Crippen LogP contribution in [0.3, 0.4) is 0 Å². The van der Waals surface area contributed by atoms with E-state index in [2.05, 4.69) is 38.1 Å². The first kappa shape index (κ1) is 20.4. The number of hydrogen-bond acceptors (Lipinski definition) is 4. The number of hydrazone groups is 1. The lowest BCUT2D eigenvalue weighted by molar-refractivity contribution is 0.103. The first-order valence-electron chi connectivity index (χ1n) is 11.1. The number of allylic oxidation sites excluding steroid dienone is 1. The number of aliphatic hydroxyl groups is 1. The van der Waals surface area contributed by atoms with Crippen molar-refractivity contribution >= 4 is 17.2 Å². The fraction of sp³-hybridized carbons (Fsp3) is 0.214. The predicted molar refractivity (Wildman–Crippen MR) is 129 cm³/mol. The van der Waals surface area contributed by atoms with Crippen molar-refractivity contribution in [3.8, 4) is 0 Å². The average Bonchev–Trinajstić information content (AvgIpc) is 2.81. The van der Waals surface area contributed by atoms with Crippen LogP contribution in [-0.4, -0.2) is 23.1 Å². The third-order valence-corrected chi connectivity index (χ3v) is 6.36. The number of rotatable bonds is 4. The van der Waals surface area contributed by atoms with Crippen molar-refractivity contribution in [3.63, 3.8) is 0 Å². The molecule has 2 atom stereocenters. The fourth-order valence-electron chi connectivity index (χ4n) is 4.64. The Hall–Kier alpha value is -3.50. The van der Waals surface area contributed by atoms with Crippen molar-refractivity contribution < 1.29 is 9.90 Å². The normalized spacial score (nSPS) is 18.9. The van der Waals surface area contributed by atoms with Gasteiger partial charge in [-0.3, -0.25) is 9.80 Å². The Morgan fingerprint density at radius 3 is 2.22 bits per heavy atom. The average molecular weight is 423 g/mol. The minimum Gasteiger partial charge on any atom is -0.384 e. The molecule has 32 heavy (non-hydrogen) atoms. The Morgan fingerprint density at radius 2 is 1.56 bits per heavy atom. The van der Waals surface area contributed by atoms with E-state index in [4.69, 9.17) is 5.10 Å². The van der Waals surface area contributed by atoms with Crippen LogP contribution in [-0.2, 0) is 0 Å². The van der Waals surface area contributed by atoms with E-state index in [-0.39, 0.29) is 11.7 Å². The van der Waals surface area contributed by atoms with E-state index in [1.165, 1.54) is 5.56 Å². The van der Waals surface area contributed by atoms with Crippen LogP contribution in [0.5, 0.6) is 0 Å². The quantitative estimate of drug-likeness (QED) is 0.448. The van der Waals surface area contributed by atoms with Gasteiger partial charge in [-0.1, -0.05) is 71.8 Å². The second kappa shape index (κ2) is 7.88. The summed E-state index contributed by atoms with van der Waals surface area (Å²) in [5.74, 6) is -0.182. The van der Waals surface area contributed by atoms with Crippen molar-refractivity contribution in [2.75, 3.05) is 11.6 Å². The van der Waals surface area contributed by atoms with Gasteiger partial charge in [0.15, 0.2) is 5.78 Å². The number of anilines is 1. The summed E-state index contributed by atoms with van der Waals surface area (Å²) in [6, 6.07) is 19.7. The van der Waals surface area contributed by atoms with Gasteiger partial charge in [-0.2, -0.15) is 5.10 Å². The van der Waals surface area contributed by atoms with Gasteiger partial charge in [-0.05, 0) is 44.0 Å². The molecule has 1 aliphatic heterocycles. The molecule has 0 saturated carbocycles. The maximum absolute atomic E-state index is 13.5. The molecule has 0 spiro atoms. The molecule has 2 aliphatic rings. The molecular weight excluding hydrogens is 396 g/mol. The molecule has 3 aromatic carbocycles. The van der Waals surface area contributed by atoms with Crippen LogP contribution in [0.1, 0.15) is 62.7 Å². The first-order chi connectivity index (χ1) is 15.5. The zero-order valence-corrected chi connectivity index (χ0v) is 18.5. The van der Waals surface area contributed by atoms with Gasteiger partial charge in [0, 0.05) is 29.2 Å². The van der Waals surface area contributed by atoms with E-state index in [1.54, 1.807) is 6.08 Å². The highest BCUT2D eigenvalue weighted by atomic mass is 16.3. The molecule has 0 unspecified atom stereocenters. The zero-order valence-electron chi connectivity index (χ0n) is 18.5. The number of nitrogens with zero attached hydrogens (tertiary/aromatic N) is 2. The van der Waals surface area contributed by atoms with Crippen molar-refractivity contribution in [1.82, 2.24) is 0 Å². The first-order valence-corrected chi connectivity index (χ1v) is 11.1. The Labute approximate surface area is 188 Å². The predicted octanol–water partition coefficient (Wildman–Crippen LogP) is 5.47. The monoisotopic (exact) mass is 422 g/mol. The summed E-state index contributed by atoms with van der Waals surface area (Å²) < 4.78 is 0. The van der Waals surface area contributed by atoms with Crippen LogP contribution >= 0.6 is 0 Å². The molecule has 0 saturated heterocycles. The third kappa shape index (κ3) is 3.28. The van der Waals surface area contributed by atoms with Crippen molar-refractivity contribution in [1.29, 1.82) is 0 Å². The molecule has 0 radical (unpaired) electrons. The summed E-state index contributed by atoms with van der Waals surface area (Å²) in [6.07, 6.45) is 2.97. The van der Waals surface area contributed by atoms with Crippen molar-refractivity contribution in [3.05, 3.63) is 112 Å². The molecule has 4 heteroatoms. The van der Waals surface area contributed by atoms with Crippen LogP contribution in [0.25, 0.3) is 0 Å². The number of benzene rings is 3. The van der Waals surface area contributed by atoms with E-state index in [1.807, 2.05) is 54.4 Å². The van der Waals surface area contributed by atoms with Gasteiger partial charge in [0.1, 0.15) is 0 Å². The summed E-state index contributed by atoms with van der Waals surface area (Å²) >= 11 is 0. The topological polar surface area (TPSA) is 52.9 Å². The largest absolute Gasteiger partial charge is 0.384 e. The number of carbonyl (C=O) groups is 1. The highest BCUT2D eigenvalue weighted by Crippen LogP contribution is 2.45. The minimum absolute atomic E-state index is 0.0710. The lowest BCUT2D eigenvalue weighted by atomic mass is 9.76. The van der Waals surface area contributed by atoms with Gasteiger partial charge < -0.3 is 5.11 Å². The van der Waals surface area contributed by atoms with Gasteiger partial charge in [-0.25, -0.2) is 0 Å². The molecule has 0 bridgehead atoms. The van der Waals surface area contributed by atoms with Gasteiger partial charge in [0.25, 0.3) is 0 Å². The van der Waals surface area contributed by atoms with E-state index < -0.39 is 6.10 Å². The standard InChI is InChI=1S/C28H26N2O2/c1-4-30-23-15-13-22(28(32)20-11-7-18(3)8-12-20)26-24(31)16-14-21(25(23)26)27(29-30)19-9-5-17(2)6-10-19/h5-16,21,24,31H,4H2,1-3H3/t21-,24+/m0/s1. The zero-order chi connectivity index (χ0) is 22.4. The third-order valence-electron chi connectivity index (χ3n) is 6.36. The number of hydrogen-bond donors (Lipinski definition) is 1. The maximum Gasteiger partial charge on any atom is 0.193 e. The summed E-state index contributed by atoms with van der Waals surface area (Å²) in [4.78, 5) is 13.5. The van der Waals surface area contributed by atoms with Gasteiger partial charge in [-0.15, -0.1) is 0 Å². The molecule has 160 valence electrons. The van der Waals surface area contributed by atoms with E-state index >= 15 is 0 Å². The van der Waals surface area contributed by atoms with Crippen molar-refractivity contribution in [2.45, 2.75) is 32.8 Å². The number of carbonyl (C=O) groups excluding carboxylic acids is 1. The number of ketones is 1.